The molecule has 0 N–H and O–H groups in total. The van der Waals surface area contributed by atoms with Gasteiger partial charge >= 0.3 is 6.18 Å². The summed E-state index contributed by atoms with van der Waals surface area (Å²) in [4.78, 5) is 4.18. The summed E-state index contributed by atoms with van der Waals surface area (Å²) in [6.07, 6.45) is -4.46. The van der Waals surface area contributed by atoms with Crippen molar-refractivity contribution < 1.29 is 17.9 Å². The van der Waals surface area contributed by atoms with E-state index >= 15 is 0 Å². The summed E-state index contributed by atoms with van der Waals surface area (Å²) < 4.78 is 44.2. The molecule has 0 fully saturated rings. The van der Waals surface area contributed by atoms with Gasteiger partial charge in [-0.05, 0) is 43.3 Å². The van der Waals surface area contributed by atoms with Crippen LogP contribution in [-0.4, -0.2) is 15.2 Å². The number of benzene rings is 2. The molecule has 26 heavy (non-hydrogen) atoms. The number of rotatable bonds is 3. The SMILES string of the molecule is Cc1nnc(-c2cccc(C(F)(F)F)c2)nc1Oc1ccc(C#N)cc1. The molecular formula is C18H11F3N4O. The monoisotopic (exact) mass is 356 g/mol. The molecule has 3 aromatic rings. The summed E-state index contributed by atoms with van der Waals surface area (Å²) in [5.41, 5.74) is 0.232. The van der Waals surface area contributed by atoms with Crippen molar-refractivity contribution in [2.75, 3.05) is 0 Å². The van der Waals surface area contributed by atoms with Crippen molar-refractivity contribution in [2.45, 2.75) is 13.1 Å². The summed E-state index contributed by atoms with van der Waals surface area (Å²) in [5, 5.41) is 16.6. The first kappa shape index (κ1) is 17.4. The molecule has 0 spiro atoms. The van der Waals surface area contributed by atoms with Gasteiger partial charge in [-0.15, -0.1) is 10.2 Å². The van der Waals surface area contributed by atoms with E-state index < -0.39 is 11.7 Å². The van der Waals surface area contributed by atoms with Crippen LogP contribution in [0.4, 0.5) is 13.2 Å². The van der Waals surface area contributed by atoms with Gasteiger partial charge in [-0.25, -0.2) is 0 Å². The standard InChI is InChI=1S/C18H11F3N4O/c1-11-17(26-15-7-5-12(10-22)6-8-15)23-16(25-24-11)13-3-2-4-14(9-13)18(19,20)21/h2-9H,1H3. The second-order valence-corrected chi connectivity index (χ2v) is 5.34. The zero-order valence-corrected chi connectivity index (χ0v) is 13.4. The van der Waals surface area contributed by atoms with Crippen molar-refractivity contribution in [3.8, 4) is 29.1 Å². The lowest BCUT2D eigenvalue weighted by Gasteiger charge is -2.10. The van der Waals surface area contributed by atoms with E-state index in [-0.39, 0.29) is 17.3 Å². The van der Waals surface area contributed by atoms with E-state index in [4.69, 9.17) is 10.00 Å². The topological polar surface area (TPSA) is 71.7 Å². The molecule has 0 aliphatic carbocycles. The number of aromatic nitrogens is 3. The van der Waals surface area contributed by atoms with E-state index in [1.807, 2.05) is 6.07 Å². The fraction of sp³-hybridized carbons (Fsp3) is 0.111. The number of hydrogen-bond acceptors (Lipinski definition) is 5. The summed E-state index contributed by atoms with van der Waals surface area (Å²) >= 11 is 0. The van der Waals surface area contributed by atoms with Crippen LogP contribution < -0.4 is 4.74 Å². The van der Waals surface area contributed by atoms with Crippen LogP contribution in [0.3, 0.4) is 0 Å². The van der Waals surface area contributed by atoms with Crippen LogP contribution in [0.2, 0.25) is 0 Å². The van der Waals surface area contributed by atoms with Crippen LogP contribution in [0.1, 0.15) is 16.8 Å². The van der Waals surface area contributed by atoms with Gasteiger partial charge in [-0.2, -0.15) is 23.4 Å². The maximum absolute atomic E-state index is 12.9. The molecule has 0 aliphatic rings. The molecular weight excluding hydrogens is 345 g/mol. The summed E-state index contributed by atoms with van der Waals surface area (Å²) in [6, 6.07) is 13.0. The highest BCUT2D eigenvalue weighted by Gasteiger charge is 2.30. The summed E-state index contributed by atoms with van der Waals surface area (Å²) in [7, 11) is 0. The quantitative estimate of drug-likeness (QED) is 0.689. The fourth-order valence-corrected chi connectivity index (χ4v) is 2.13. The highest BCUT2D eigenvalue weighted by molar-refractivity contribution is 5.56. The Balaban J connectivity index is 1.94. The molecule has 0 radical (unpaired) electrons. The van der Waals surface area contributed by atoms with Crippen molar-refractivity contribution in [1.82, 2.24) is 15.2 Å². The Morgan fingerprint density at radius 3 is 2.42 bits per heavy atom. The number of halogens is 3. The van der Waals surface area contributed by atoms with Gasteiger partial charge in [-0.1, -0.05) is 12.1 Å². The molecule has 3 rings (SSSR count). The van der Waals surface area contributed by atoms with Crippen molar-refractivity contribution in [3.05, 3.63) is 65.4 Å². The van der Waals surface area contributed by atoms with Gasteiger partial charge < -0.3 is 4.74 Å². The van der Waals surface area contributed by atoms with Gasteiger partial charge in [0.1, 0.15) is 11.4 Å². The highest BCUT2D eigenvalue weighted by atomic mass is 19.4. The van der Waals surface area contributed by atoms with Crippen LogP contribution in [0.25, 0.3) is 11.4 Å². The first-order valence-electron chi connectivity index (χ1n) is 7.44. The van der Waals surface area contributed by atoms with Gasteiger partial charge in [0.15, 0.2) is 5.82 Å². The lowest BCUT2D eigenvalue weighted by Crippen LogP contribution is -2.05. The minimum atomic E-state index is -4.46. The number of nitriles is 1. The number of alkyl halides is 3. The van der Waals surface area contributed by atoms with Crippen molar-refractivity contribution >= 4 is 0 Å². The Morgan fingerprint density at radius 2 is 1.77 bits per heavy atom. The Labute approximate surface area is 146 Å². The normalized spacial score (nSPS) is 11.0. The fourth-order valence-electron chi connectivity index (χ4n) is 2.13. The molecule has 8 heteroatoms. The van der Waals surface area contributed by atoms with Gasteiger partial charge in [0.25, 0.3) is 0 Å². The summed E-state index contributed by atoms with van der Waals surface area (Å²) in [6.45, 7) is 1.62. The van der Waals surface area contributed by atoms with Gasteiger partial charge in [0.05, 0.1) is 17.2 Å². The van der Waals surface area contributed by atoms with Gasteiger partial charge in [0, 0.05) is 5.56 Å². The van der Waals surface area contributed by atoms with E-state index in [0.29, 0.717) is 17.0 Å². The molecule has 1 heterocycles. The lowest BCUT2D eigenvalue weighted by molar-refractivity contribution is -0.137. The third-order valence-electron chi connectivity index (χ3n) is 3.46. The number of nitrogens with zero attached hydrogens (tertiary/aromatic N) is 4. The molecule has 0 aliphatic heterocycles. The maximum Gasteiger partial charge on any atom is 0.416 e. The largest absolute Gasteiger partial charge is 0.437 e. The molecule has 0 unspecified atom stereocenters. The Morgan fingerprint density at radius 1 is 1.04 bits per heavy atom. The third kappa shape index (κ3) is 3.78. The second kappa shape index (κ2) is 6.80. The van der Waals surface area contributed by atoms with E-state index in [0.717, 1.165) is 12.1 Å². The van der Waals surface area contributed by atoms with Crippen LogP contribution in [0.5, 0.6) is 11.6 Å². The van der Waals surface area contributed by atoms with Crippen LogP contribution in [0.15, 0.2) is 48.5 Å². The average molecular weight is 356 g/mol. The lowest BCUT2D eigenvalue weighted by atomic mass is 10.1. The van der Waals surface area contributed by atoms with Crippen molar-refractivity contribution in [2.24, 2.45) is 0 Å². The van der Waals surface area contributed by atoms with Crippen molar-refractivity contribution in [3.63, 3.8) is 0 Å². The molecule has 0 amide bonds. The first-order valence-corrected chi connectivity index (χ1v) is 7.44. The highest BCUT2D eigenvalue weighted by Crippen LogP contribution is 2.32. The van der Waals surface area contributed by atoms with Crippen LogP contribution >= 0.6 is 0 Å². The molecule has 0 saturated carbocycles. The van der Waals surface area contributed by atoms with Gasteiger partial charge in [-0.3, -0.25) is 0 Å². The Kier molecular flexibility index (Phi) is 4.54. The number of ether oxygens (including phenoxy) is 1. The predicted molar refractivity (Wildman–Crippen MR) is 86.2 cm³/mol. The maximum atomic E-state index is 12.9. The molecule has 0 bridgehead atoms. The van der Waals surface area contributed by atoms with Crippen LogP contribution in [-0.2, 0) is 6.18 Å². The summed E-state index contributed by atoms with van der Waals surface area (Å²) in [5.74, 6) is 0.560. The van der Waals surface area contributed by atoms with Crippen molar-refractivity contribution in [1.29, 1.82) is 5.26 Å². The minimum Gasteiger partial charge on any atom is -0.437 e. The number of aryl methyl sites for hydroxylation is 1. The number of hydrogen-bond donors (Lipinski definition) is 0. The molecule has 0 saturated heterocycles. The van der Waals surface area contributed by atoms with Gasteiger partial charge in [0.2, 0.25) is 5.88 Å². The molecule has 2 aromatic carbocycles. The zero-order chi connectivity index (χ0) is 18.7. The zero-order valence-electron chi connectivity index (χ0n) is 13.4. The van der Waals surface area contributed by atoms with E-state index in [9.17, 15) is 13.2 Å². The van der Waals surface area contributed by atoms with E-state index in [1.165, 1.54) is 12.1 Å². The molecule has 1 aromatic heterocycles. The third-order valence-corrected chi connectivity index (χ3v) is 3.46. The molecule has 130 valence electrons. The van der Waals surface area contributed by atoms with E-state index in [2.05, 4.69) is 15.2 Å². The smallest absolute Gasteiger partial charge is 0.416 e. The second-order valence-electron chi connectivity index (χ2n) is 5.34. The Hall–Kier alpha value is -3.47. The predicted octanol–water partition coefficient (Wildman–Crippen LogP) is 4.53. The molecule has 5 nitrogen and oxygen atoms in total. The average Bonchev–Trinajstić information content (AvgIpc) is 2.63. The Bertz CT molecular complexity index is 979. The first-order chi connectivity index (χ1) is 12.4. The van der Waals surface area contributed by atoms with E-state index in [1.54, 1.807) is 31.2 Å². The molecule has 0 atom stereocenters. The minimum absolute atomic E-state index is 0.0188. The van der Waals surface area contributed by atoms with Crippen LogP contribution in [0, 0.1) is 18.3 Å².